The molecule has 17 nitrogen and oxygen atoms in total. The van der Waals surface area contributed by atoms with Gasteiger partial charge in [-0.25, -0.2) is 0 Å². The average molecular weight is 900 g/mol. The normalized spacial score (nSPS) is 15.2. The molecule has 1 heterocycles. The highest BCUT2D eigenvalue weighted by molar-refractivity contribution is 5.79. The molecule has 1 aliphatic rings. The van der Waals surface area contributed by atoms with Crippen LogP contribution in [-0.4, -0.2) is 154 Å². The Hall–Kier alpha value is -2.90. The zero-order valence-corrected chi connectivity index (χ0v) is 38.7. The van der Waals surface area contributed by atoms with Gasteiger partial charge in [-0.2, -0.15) is 0 Å². The standard InChI is InChI=1S/C46H85N5O12/c1-60-34-38-32-42(56)33-51(38)45(59)21-7-5-3-2-4-6-20-44(58)50-46(35-61-29-22-40(54)16-8-12-25-47,36-62-30-23-41(55)17-9-13-26-48)37-63-31-24-43(57)49-27-14-10-18-39(53)19-11-15-28-52/h38,42,52,56H,2-37,47-48H2,1H3,(H,49,57)(H,50,58)/t38-,42+/m0/s1. The van der Waals surface area contributed by atoms with E-state index < -0.39 is 11.6 Å². The number of nitrogens with one attached hydrogen (secondary N) is 2. The van der Waals surface area contributed by atoms with Gasteiger partial charge in [0.25, 0.3) is 0 Å². The van der Waals surface area contributed by atoms with Gasteiger partial charge in [0.1, 0.15) is 22.9 Å². The predicted octanol–water partition coefficient (Wildman–Crippen LogP) is 3.20. The largest absolute Gasteiger partial charge is 0.396 e. The van der Waals surface area contributed by atoms with Gasteiger partial charge in [0, 0.05) is 84.6 Å². The van der Waals surface area contributed by atoms with E-state index in [0.29, 0.717) is 116 Å². The number of aliphatic hydroxyl groups is 2. The minimum Gasteiger partial charge on any atom is -0.396 e. The Balaban J connectivity index is 2.78. The van der Waals surface area contributed by atoms with Gasteiger partial charge in [-0.05, 0) is 83.7 Å². The number of carbonyl (C=O) groups is 6. The molecule has 0 unspecified atom stereocenters. The van der Waals surface area contributed by atoms with Crippen LogP contribution in [0.5, 0.6) is 0 Å². The lowest BCUT2D eigenvalue weighted by Gasteiger charge is -2.34. The van der Waals surface area contributed by atoms with Crippen LogP contribution < -0.4 is 22.1 Å². The van der Waals surface area contributed by atoms with Crippen molar-refractivity contribution in [3.05, 3.63) is 0 Å². The number of ketones is 3. The van der Waals surface area contributed by atoms with Crippen molar-refractivity contribution in [2.24, 2.45) is 11.5 Å². The third-order valence-electron chi connectivity index (χ3n) is 11.1. The summed E-state index contributed by atoms with van der Waals surface area (Å²) in [6.45, 7) is 2.56. The summed E-state index contributed by atoms with van der Waals surface area (Å²) >= 11 is 0. The second kappa shape index (κ2) is 38.4. The van der Waals surface area contributed by atoms with E-state index in [2.05, 4.69) is 10.6 Å². The van der Waals surface area contributed by atoms with Gasteiger partial charge in [0.15, 0.2) is 0 Å². The summed E-state index contributed by atoms with van der Waals surface area (Å²) < 4.78 is 23.3. The van der Waals surface area contributed by atoms with E-state index in [1.807, 2.05) is 0 Å². The van der Waals surface area contributed by atoms with Crippen LogP contribution in [-0.2, 0) is 47.7 Å². The Morgan fingerprint density at radius 1 is 0.603 bits per heavy atom. The number of amides is 3. The monoisotopic (exact) mass is 900 g/mol. The molecule has 0 saturated carbocycles. The molecular formula is C46H85N5O12. The zero-order valence-electron chi connectivity index (χ0n) is 38.7. The van der Waals surface area contributed by atoms with Gasteiger partial charge < -0.3 is 56.2 Å². The summed E-state index contributed by atoms with van der Waals surface area (Å²) in [7, 11) is 1.59. The Morgan fingerprint density at radius 2 is 1.08 bits per heavy atom. The second-order valence-corrected chi connectivity index (χ2v) is 17.0. The lowest BCUT2D eigenvalue weighted by atomic mass is 10.0. The van der Waals surface area contributed by atoms with Crippen LogP contribution >= 0.6 is 0 Å². The molecule has 2 atom stereocenters. The van der Waals surface area contributed by atoms with Gasteiger partial charge in [-0.3, -0.25) is 28.8 Å². The van der Waals surface area contributed by atoms with Crippen molar-refractivity contribution >= 4 is 35.1 Å². The summed E-state index contributed by atoms with van der Waals surface area (Å²) in [4.78, 5) is 77.5. The highest BCUT2D eigenvalue weighted by atomic mass is 16.5. The molecule has 3 amide bonds. The first-order valence-corrected chi connectivity index (χ1v) is 23.8. The highest BCUT2D eigenvalue weighted by Crippen LogP contribution is 2.21. The molecule has 1 rings (SSSR count). The van der Waals surface area contributed by atoms with Crippen LogP contribution in [0.25, 0.3) is 0 Å². The van der Waals surface area contributed by atoms with Crippen LogP contribution in [0.4, 0.5) is 0 Å². The fraction of sp³-hybridized carbons (Fsp3) is 0.870. The van der Waals surface area contributed by atoms with Gasteiger partial charge in [0.2, 0.25) is 17.7 Å². The van der Waals surface area contributed by atoms with Crippen LogP contribution in [0.2, 0.25) is 0 Å². The van der Waals surface area contributed by atoms with Crippen LogP contribution in [0, 0.1) is 0 Å². The van der Waals surface area contributed by atoms with Gasteiger partial charge in [0.05, 0.1) is 58.4 Å². The number of Topliss-reactive ketones (excluding diaryl/α,β-unsaturated/α-hetero) is 3. The molecule has 8 N–H and O–H groups in total. The predicted molar refractivity (Wildman–Crippen MR) is 241 cm³/mol. The molecule has 0 aliphatic carbocycles. The number of hydrogen-bond donors (Lipinski definition) is 6. The molecule has 366 valence electrons. The second-order valence-electron chi connectivity index (χ2n) is 17.0. The number of nitrogens with zero attached hydrogens (tertiary/aromatic N) is 1. The van der Waals surface area contributed by atoms with Crippen molar-refractivity contribution in [3.8, 4) is 0 Å². The molecule has 0 bridgehead atoms. The average Bonchev–Trinajstić information content (AvgIpc) is 3.63. The molecule has 0 radical (unpaired) electrons. The molecular weight excluding hydrogens is 815 g/mol. The quantitative estimate of drug-likeness (QED) is 0.0481. The van der Waals surface area contributed by atoms with Gasteiger partial charge in [-0.15, -0.1) is 0 Å². The van der Waals surface area contributed by atoms with Crippen LogP contribution in [0.1, 0.15) is 154 Å². The molecule has 0 spiro atoms. The fourth-order valence-corrected chi connectivity index (χ4v) is 7.40. The number of aliphatic hydroxyl groups excluding tert-OH is 2. The first-order valence-electron chi connectivity index (χ1n) is 23.8. The van der Waals surface area contributed by atoms with Gasteiger partial charge in [-0.1, -0.05) is 25.7 Å². The molecule has 1 fully saturated rings. The molecule has 17 heteroatoms. The number of nitrogens with two attached hydrogens (primary N) is 2. The maximum absolute atomic E-state index is 13.5. The SMILES string of the molecule is COC[C@@H]1C[C@@H](O)CN1C(=O)CCCCCCCCC(=O)NC(COCCC(=O)CCCCN)(COCCC(=O)CCCCN)COCCC(=O)NCCCCC(=O)CCCCO. The number of unbranched alkanes of at least 4 members (excludes halogenated alkanes) is 9. The number of likely N-dealkylation sites (tertiary alicyclic amines) is 1. The van der Waals surface area contributed by atoms with Crippen molar-refractivity contribution in [3.63, 3.8) is 0 Å². The molecule has 63 heavy (non-hydrogen) atoms. The van der Waals surface area contributed by atoms with Crippen LogP contribution in [0.3, 0.4) is 0 Å². The van der Waals surface area contributed by atoms with E-state index in [9.17, 15) is 33.9 Å². The summed E-state index contributed by atoms with van der Waals surface area (Å²) in [6, 6.07) is -0.0832. The Kier molecular flexibility index (Phi) is 35.4. The number of methoxy groups -OCH3 is 1. The van der Waals surface area contributed by atoms with Crippen molar-refractivity contribution in [2.75, 3.05) is 86.1 Å². The van der Waals surface area contributed by atoms with E-state index in [-0.39, 0.29) is 113 Å². The minimum atomic E-state index is -1.16. The van der Waals surface area contributed by atoms with E-state index in [1.165, 1.54) is 0 Å². The third-order valence-corrected chi connectivity index (χ3v) is 11.1. The summed E-state index contributed by atoms with van der Waals surface area (Å²) in [5, 5.41) is 24.9. The summed E-state index contributed by atoms with van der Waals surface area (Å²) in [5.74, 6) is -0.118. The maximum atomic E-state index is 13.5. The summed E-state index contributed by atoms with van der Waals surface area (Å²) in [6.07, 6.45) is 13.4. The van der Waals surface area contributed by atoms with Crippen molar-refractivity contribution < 1.29 is 57.9 Å². The number of β-amino-alcohol motifs (C(OH)–C–C–N with tert-alkyl or cyclic N) is 1. The molecule has 0 aromatic heterocycles. The first-order chi connectivity index (χ1) is 30.5. The molecule has 1 saturated heterocycles. The molecule has 0 aromatic carbocycles. The lowest BCUT2D eigenvalue weighted by Crippen LogP contribution is -2.58. The number of carbonyl (C=O) groups excluding carboxylic acids is 6. The van der Waals surface area contributed by atoms with E-state index >= 15 is 0 Å². The Labute approximate surface area is 377 Å². The maximum Gasteiger partial charge on any atom is 0.222 e. The van der Waals surface area contributed by atoms with E-state index in [4.69, 9.17) is 35.5 Å². The Bertz CT molecular complexity index is 1230. The van der Waals surface area contributed by atoms with Crippen molar-refractivity contribution in [1.29, 1.82) is 0 Å². The lowest BCUT2D eigenvalue weighted by molar-refractivity contribution is -0.133. The highest BCUT2D eigenvalue weighted by Gasteiger charge is 2.35. The topological polar surface area (TPSA) is 259 Å². The fourth-order valence-electron chi connectivity index (χ4n) is 7.40. The van der Waals surface area contributed by atoms with Gasteiger partial charge >= 0.3 is 0 Å². The zero-order chi connectivity index (χ0) is 46.4. The van der Waals surface area contributed by atoms with E-state index in [0.717, 1.165) is 44.9 Å². The Morgan fingerprint density at radius 3 is 1.62 bits per heavy atom. The van der Waals surface area contributed by atoms with Crippen molar-refractivity contribution in [2.45, 2.75) is 172 Å². The third kappa shape index (κ3) is 30.8. The molecule has 0 aromatic rings. The van der Waals surface area contributed by atoms with Crippen molar-refractivity contribution in [1.82, 2.24) is 15.5 Å². The van der Waals surface area contributed by atoms with Crippen LogP contribution in [0.15, 0.2) is 0 Å². The number of ether oxygens (including phenoxy) is 4. The van der Waals surface area contributed by atoms with E-state index in [1.54, 1.807) is 12.0 Å². The minimum absolute atomic E-state index is 0.0223. The first kappa shape index (κ1) is 58.1. The number of hydrogen-bond acceptors (Lipinski definition) is 14. The number of rotatable bonds is 44. The smallest absolute Gasteiger partial charge is 0.222 e. The summed E-state index contributed by atoms with van der Waals surface area (Å²) in [5.41, 5.74) is 9.97. The molecule has 1 aliphatic heterocycles.